The first kappa shape index (κ1) is 14.0. The Balaban J connectivity index is 3.98. The fourth-order valence-corrected chi connectivity index (χ4v) is 0.921. The van der Waals surface area contributed by atoms with Crippen LogP contribution < -0.4 is 0 Å². The molecule has 15 heavy (non-hydrogen) atoms. The molecule has 5 N–H and O–H groups in total. The molecule has 0 spiro atoms. The number of carboxylic acids is 1. The maximum Gasteiger partial charge on any atom is 0.372 e. The van der Waals surface area contributed by atoms with Gasteiger partial charge < -0.3 is 25.5 Å². The van der Waals surface area contributed by atoms with E-state index in [1.165, 1.54) is 0 Å². The molecule has 88 valence electrons. The van der Waals surface area contributed by atoms with Gasteiger partial charge in [-0.2, -0.15) is 0 Å². The van der Waals surface area contributed by atoms with E-state index in [0.717, 1.165) is 0 Å². The quantitative estimate of drug-likeness (QED) is 0.300. The maximum atomic E-state index is 10.6. The van der Waals surface area contributed by atoms with Gasteiger partial charge in [0.2, 0.25) is 5.78 Å². The lowest BCUT2D eigenvalue weighted by molar-refractivity contribution is -0.149. The summed E-state index contributed by atoms with van der Waals surface area (Å²) in [7, 11) is 0. The number of carboxylic acid groups (broad SMARTS) is 1. The van der Waals surface area contributed by atoms with Crippen LogP contribution in [0.15, 0.2) is 0 Å². The fourth-order valence-electron chi connectivity index (χ4n) is 0.921. The topological polar surface area (TPSA) is 135 Å². The number of carbonyl (C=O) groups is 2. The number of carbonyl (C=O) groups excluding carboxylic acids is 1. The number of rotatable bonds is 7. The van der Waals surface area contributed by atoms with E-state index in [1.54, 1.807) is 0 Å². The normalized spacial score (nSPS) is 16.8. The molecule has 0 saturated heterocycles. The SMILES string of the molecule is O=C(O)C(=O)CC[C@@H](O)[C@H](O)[C@H](O)CO. The zero-order chi connectivity index (χ0) is 12.0. The van der Waals surface area contributed by atoms with Crippen molar-refractivity contribution in [2.24, 2.45) is 0 Å². The monoisotopic (exact) mass is 222 g/mol. The highest BCUT2D eigenvalue weighted by molar-refractivity contribution is 6.32. The number of aliphatic hydroxyl groups excluding tert-OH is 4. The van der Waals surface area contributed by atoms with E-state index in [0.29, 0.717) is 0 Å². The molecule has 0 amide bonds. The van der Waals surface area contributed by atoms with Crippen LogP contribution in [-0.4, -0.2) is 62.2 Å². The minimum atomic E-state index is -1.61. The van der Waals surface area contributed by atoms with Crippen molar-refractivity contribution < 1.29 is 35.1 Å². The molecule has 0 saturated carbocycles. The first-order chi connectivity index (χ1) is 6.90. The molecule has 0 aliphatic rings. The average Bonchev–Trinajstić information content (AvgIpc) is 2.22. The first-order valence-corrected chi connectivity index (χ1v) is 4.31. The van der Waals surface area contributed by atoms with Crippen molar-refractivity contribution in [3.05, 3.63) is 0 Å². The van der Waals surface area contributed by atoms with Crippen LogP contribution in [0, 0.1) is 0 Å². The zero-order valence-corrected chi connectivity index (χ0v) is 7.91. The number of Topliss-reactive ketones (excluding diaryl/α,β-unsaturated/α-hetero) is 1. The smallest absolute Gasteiger partial charge is 0.372 e. The van der Waals surface area contributed by atoms with Crippen LogP contribution in [0.5, 0.6) is 0 Å². The first-order valence-electron chi connectivity index (χ1n) is 4.31. The molecule has 0 aliphatic heterocycles. The zero-order valence-electron chi connectivity index (χ0n) is 7.91. The van der Waals surface area contributed by atoms with Gasteiger partial charge in [-0.3, -0.25) is 4.79 Å². The second-order valence-electron chi connectivity index (χ2n) is 3.07. The third-order valence-electron chi connectivity index (χ3n) is 1.88. The molecule has 0 aliphatic carbocycles. The molecule has 0 aromatic heterocycles. The molecular formula is C8H14O7. The summed E-state index contributed by atoms with van der Waals surface area (Å²) in [6.45, 7) is -0.731. The molecule has 7 nitrogen and oxygen atoms in total. The van der Waals surface area contributed by atoms with Gasteiger partial charge in [0.1, 0.15) is 12.2 Å². The third kappa shape index (κ3) is 4.84. The fraction of sp³-hybridized carbons (Fsp3) is 0.750. The summed E-state index contributed by atoms with van der Waals surface area (Å²) in [5, 5.41) is 43.9. The second-order valence-corrected chi connectivity index (χ2v) is 3.07. The van der Waals surface area contributed by atoms with E-state index in [1.807, 2.05) is 0 Å². The predicted molar refractivity (Wildman–Crippen MR) is 47.0 cm³/mol. The number of hydrogen-bond acceptors (Lipinski definition) is 6. The molecule has 0 aromatic rings. The number of aliphatic hydroxyl groups is 4. The largest absolute Gasteiger partial charge is 0.476 e. The third-order valence-corrected chi connectivity index (χ3v) is 1.88. The van der Waals surface area contributed by atoms with E-state index in [-0.39, 0.29) is 6.42 Å². The van der Waals surface area contributed by atoms with Crippen LogP contribution >= 0.6 is 0 Å². The number of aliphatic carboxylic acids is 1. The predicted octanol–water partition coefficient (Wildman–Crippen LogP) is -2.50. The highest BCUT2D eigenvalue weighted by Crippen LogP contribution is 2.07. The molecule has 0 unspecified atom stereocenters. The summed E-state index contributed by atoms with van der Waals surface area (Å²) < 4.78 is 0. The molecule has 3 atom stereocenters. The Labute approximate surface area is 85.6 Å². The van der Waals surface area contributed by atoms with E-state index in [9.17, 15) is 14.7 Å². The summed E-state index contributed by atoms with van der Waals surface area (Å²) in [4.78, 5) is 20.7. The Hall–Kier alpha value is -1.02. The standard InChI is InChI=1S/C8H14O7/c9-3-6(12)7(13)4(10)1-2-5(11)8(14)15/h4,6-7,9-10,12-13H,1-3H2,(H,14,15)/t4-,6-,7+/m1/s1. The van der Waals surface area contributed by atoms with Gasteiger partial charge in [0.15, 0.2) is 0 Å². The van der Waals surface area contributed by atoms with Crippen molar-refractivity contribution in [2.75, 3.05) is 6.61 Å². The molecule has 0 fully saturated rings. The summed E-state index contributed by atoms with van der Waals surface area (Å²) in [5.41, 5.74) is 0. The Kier molecular flexibility index (Phi) is 6.02. The molecule has 0 heterocycles. The molecule has 7 heteroatoms. The van der Waals surface area contributed by atoms with Crippen molar-refractivity contribution in [3.63, 3.8) is 0 Å². The lowest BCUT2D eigenvalue weighted by Gasteiger charge is -2.20. The van der Waals surface area contributed by atoms with Crippen molar-refractivity contribution in [1.29, 1.82) is 0 Å². The van der Waals surface area contributed by atoms with Crippen LogP contribution in [0.4, 0.5) is 0 Å². The van der Waals surface area contributed by atoms with Gasteiger partial charge in [-0.25, -0.2) is 4.79 Å². The Morgan fingerprint density at radius 3 is 2.00 bits per heavy atom. The van der Waals surface area contributed by atoms with Crippen LogP contribution in [0.3, 0.4) is 0 Å². The van der Waals surface area contributed by atoms with Gasteiger partial charge in [0, 0.05) is 6.42 Å². The van der Waals surface area contributed by atoms with Crippen LogP contribution in [0.25, 0.3) is 0 Å². The van der Waals surface area contributed by atoms with Crippen molar-refractivity contribution in [1.82, 2.24) is 0 Å². The van der Waals surface area contributed by atoms with Crippen LogP contribution in [-0.2, 0) is 9.59 Å². The van der Waals surface area contributed by atoms with Crippen LogP contribution in [0.1, 0.15) is 12.8 Å². The molecule has 0 aromatic carbocycles. The van der Waals surface area contributed by atoms with Crippen molar-refractivity contribution in [2.45, 2.75) is 31.2 Å². The van der Waals surface area contributed by atoms with Gasteiger partial charge in [-0.05, 0) is 6.42 Å². The lowest BCUT2D eigenvalue weighted by Crippen LogP contribution is -2.39. The van der Waals surface area contributed by atoms with Crippen molar-refractivity contribution >= 4 is 11.8 Å². The van der Waals surface area contributed by atoms with Gasteiger partial charge in [0.25, 0.3) is 0 Å². The van der Waals surface area contributed by atoms with E-state index in [4.69, 9.17) is 20.4 Å². The number of hydrogen-bond donors (Lipinski definition) is 5. The second kappa shape index (κ2) is 6.46. The van der Waals surface area contributed by atoms with E-state index < -0.39 is 43.1 Å². The van der Waals surface area contributed by atoms with E-state index in [2.05, 4.69) is 0 Å². The Morgan fingerprint density at radius 1 is 1.07 bits per heavy atom. The summed E-state index contributed by atoms with van der Waals surface area (Å²) in [5.74, 6) is -2.70. The molecule has 0 rings (SSSR count). The number of ketones is 1. The Bertz CT molecular complexity index is 227. The summed E-state index contributed by atoms with van der Waals surface area (Å²) in [6.07, 6.45) is -5.29. The summed E-state index contributed by atoms with van der Waals surface area (Å²) >= 11 is 0. The maximum absolute atomic E-state index is 10.6. The van der Waals surface area contributed by atoms with Gasteiger partial charge >= 0.3 is 5.97 Å². The average molecular weight is 222 g/mol. The van der Waals surface area contributed by atoms with E-state index >= 15 is 0 Å². The minimum Gasteiger partial charge on any atom is -0.476 e. The minimum absolute atomic E-state index is 0.288. The van der Waals surface area contributed by atoms with Crippen LogP contribution in [0.2, 0.25) is 0 Å². The highest BCUT2D eigenvalue weighted by atomic mass is 16.4. The summed E-state index contributed by atoms with van der Waals surface area (Å²) in [6, 6.07) is 0. The molecule has 0 bridgehead atoms. The van der Waals surface area contributed by atoms with Gasteiger partial charge in [-0.15, -0.1) is 0 Å². The molecule has 0 radical (unpaired) electrons. The van der Waals surface area contributed by atoms with Crippen molar-refractivity contribution in [3.8, 4) is 0 Å². The highest BCUT2D eigenvalue weighted by Gasteiger charge is 2.25. The lowest BCUT2D eigenvalue weighted by atomic mass is 10.0. The van der Waals surface area contributed by atoms with Gasteiger partial charge in [0.05, 0.1) is 12.7 Å². The Morgan fingerprint density at radius 2 is 1.60 bits per heavy atom. The molecular weight excluding hydrogens is 208 g/mol. The van der Waals surface area contributed by atoms with Gasteiger partial charge in [-0.1, -0.05) is 0 Å².